The monoisotopic (exact) mass is 222 g/mol. The minimum atomic E-state index is -0.246. The summed E-state index contributed by atoms with van der Waals surface area (Å²) in [6.07, 6.45) is 3.46. The number of benzene rings is 1. The molecule has 0 aliphatic carbocycles. The standard InChI is InChI=1S/C13H19FN2/c1-3-12-5-4-9(2)16(12)13-7-10(14)6-11(15)8-13/h6-9,12H,3-5,15H2,1-2H3. The highest BCUT2D eigenvalue weighted by atomic mass is 19.1. The maximum atomic E-state index is 13.3. The van der Waals surface area contributed by atoms with E-state index in [1.165, 1.54) is 18.9 Å². The molecule has 0 saturated carbocycles. The van der Waals surface area contributed by atoms with Crippen molar-refractivity contribution >= 4 is 11.4 Å². The predicted octanol–water partition coefficient (Wildman–Crippen LogP) is 3.18. The summed E-state index contributed by atoms with van der Waals surface area (Å²) in [6.45, 7) is 4.37. The molecule has 2 nitrogen and oxygen atoms in total. The fourth-order valence-corrected chi connectivity index (χ4v) is 2.68. The first-order chi connectivity index (χ1) is 7.61. The molecule has 0 radical (unpaired) electrons. The highest BCUT2D eigenvalue weighted by molar-refractivity contribution is 5.58. The minimum Gasteiger partial charge on any atom is -0.399 e. The molecule has 16 heavy (non-hydrogen) atoms. The second kappa shape index (κ2) is 4.32. The number of halogens is 1. The van der Waals surface area contributed by atoms with Gasteiger partial charge in [-0.15, -0.1) is 0 Å². The quantitative estimate of drug-likeness (QED) is 0.779. The van der Waals surface area contributed by atoms with Gasteiger partial charge < -0.3 is 10.6 Å². The molecule has 0 spiro atoms. The van der Waals surface area contributed by atoms with E-state index in [-0.39, 0.29) is 5.82 Å². The van der Waals surface area contributed by atoms with Crippen molar-refractivity contribution in [3.8, 4) is 0 Å². The second-order valence-electron chi connectivity index (χ2n) is 4.64. The first-order valence-electron chi connectivity index (χ1n) is 5.96. The van der Waals surface area contributed by atoms with Crippen molar-refractivity contribution in [1.29, 1.82) is 0 Å². The van der Waals surface area contributed by atoms with Crippen molar-refractivity contribution in [2.24, 2.45) is 0 Å². The number of hydrogen-bond acceptors (Lipinski definition) is 2. The van der Waals surface area contributed by atoms with E-state index in [2.05, 4.69) is 18.7 Å². The van der Waals surface area contributed by atoms with E-state index in [0.29, 0.717) is 17.8 Å². The van der Waals surface area contributed by atoms with Crippen molar-refractivity contribution in [3.63, 3.8) is 0 Å². The molecule has 1 aromatic carbocycles. The molecule has 1 aromatic rings. The van der Waals surface area contributed by atoms with E-state index in [0.717, 1.165) is 12.1 Å². The smallest absolute Gasteiger partial charge is 0.127 e. The van der Waals surface area contributed by atoms with Crippen LogP contribution >= 0.6 is 0 Å². The van der Waals surface area contributed by atoms with Crippen molar-refractivity contribution in [1.82, 2.24) is 0 Å². The van der Waals surface area contributed by atoms with Crippen LogP contribution in [0.4, 0.5) is 15.8 Å². The number of rotatable bonds is 2. The van der Waals surface area contributed by atoms with E-state index in [4.69, 9.17) is 5.73 Å². The van der Waals surface area contributed by atoms with Crippen LogP contribution in [0.3, 0.4) is 0 Å². The lowest BCUT2D eigenvalue weighted by molar-refractivity contribution is 0.611. The molecule has 0 amide bonds. The van der Waals surface area contributed by atoms with E-state index in [1.807, 2.05) is 6.07 Å². The zero-order valence-corrected chi connectivity index (χ0v) is 9.91. The Bertz CT molecular complexity index is 358. The van der Waals surface area contributed by atoms with Gasteiger partial charge >= 0.3 is 0 Å². The van der Waals surface area contributed by atoms with E-state index in [9.17, 15) is 4.39 Å². The highest BCUT2D eigenvalue weighted by Gasteiger charge is 2.29. The van der Waals surface area contributed by atoms with Gasteiger partial charge in [-0.3, -0.25) is 0 Å². The molecule has 0 bridgehead atoms. The van der Waals surface area contributed by atoms with Crippen molar-refractivity contribution in [2.75, 3.05) is 10.6 Å². The molecule has 2 N–H and O–H groups in total. The van der Waals surface area contributed by atoms with Crippen LogP contribution in [0, 0.1) is 5.82 Å². The van der Waals surface area contributed by atoms with Crippen LogP contribution < -0.4 is 10.6 Å². The number of nitrogen functional groups attached to an aromatic ring is 1. The van der Waals surface area contributed by atoms with Gasteiger partial charge in [0.05, 0.1) is 0 Å². The Morgan fingerprint density at radius 1 is 1.38 bits per heavy atom. The SMILES string of the molecule is CCC1CCC(C)N1c1cc(N)cc(F)c1. The van der Waals surface area contributed by atoms with Crippen LogP contribution in [0.5, 0.6) is 0 Å². The Hall–Kier alpha value is -1.25. The molecule has 2 unspecified atom stereocenters. The normalized spacial score (nSPS) is 25.1. The van der Waals surface area contributed by atoms with Gasteiger partial charge in [-0.2, -0.15) is 0 Å². The van der Waals surface area contributed by atoms with Gasteiger partial charge in [0.15, 0.2) is 0 Å². The number of nitrogens with two attached hydrogens (primary N) is 1. The largest absolute Gasteiger partial charge is 0.399 e. The van der Waals surface area contributed by atoms with Gasteiger partial charge in [0.25, 0.3) is 0 Å². The average Bonchev–Trinajstić information content (AvgIpc) is 2.58. The topological polar surface area (TPSA) is 29.3 Å². The Morgan fingerprint density at radius 3 is 2.75 bits per heavy atom. The fourth-order valence-electron chi connectivity index (χ4n) is 2.68. The summed E-state index contributed by atoms with van der Waals surface area (Å²) >= 11 is 0. The second-order valence-corrected chi connectivity index (χ2v) is 4.64. The highest BCUT2D eigenvalue weighted by Crippen LogP contribution is 2.33. The molecule has 1 saturated heterocycles. The third-order valence-corrected chi connectivity index (χ3v) is 3.46. The van der Waals surface area contributed by atoms with Crippen LogP contribution in [0.2, 0.25) is 0 Å². The maximum Gasteiger partial charge on any atom is 0.127 e. The van der Waals surface area contributed by atoms with Crippen LogP contribution in [-0.4, -0.2) is 12.1 Å². The first-order valence-corrected chi connectivity index (χ1v) is 5.96. The Labute approximate surface area is 96.2 Å². The summed E-state index contributed by atoms with van der Waals surface area (Å²) in [7, 11) is 0. The molecule has 88 valence electrons. The third kappa shape index (κ3) is 1.99. The number of nitrogens with zero attached hydrogens (tertiary/aromatic N) is 1. The lowest BCUT2D eigenvalue weighted by atomic mass is 10.1. The minimum absolute atomic E-state index is 0.246. The molecule has 2 atom stereocenters. The summed E-state index contributed by atoms with van der Waals surface area (Å²) < 4.78 is 13.3. The molecule has 0 aromatic heterocycles. The zero-order valence-electron chi connectivity index (χ0n) is 9.91. The molecule has 1 aliphatic rings. The van der Waals surface area contributed by atoms with E-state index in [1.54, 1.807) is 6.07 Å². The van der Waals surface area contributed by atoms with Gasteiger partial charge in [-0.05, 0) is 44.4 Å². The maximum absolute atomic E-state index is 13.3. The summed E-state index contributed by atoms with van der Waals surface area (Å²) in [4.78, 5) is 2.31. The molecular formula is C13H19FN2. The first kappa shape index (κ1) is 11.2. The summed E-state index contributed by atoms with van der Waals surface area (Å²) in [6, 6.07) is 5.82. The Morgan fingerprint density at radius 2 is 2.12 bits per heavy atom. The van der Waals surface area contributed by atoms with Crippen LogP contribution in [0.25, 0.3) is 0 Å². The lowest BCUT2D eigenvalue weighted by Crippen LogP contribution is -2.34. The zero-order chi connectivity index (χ0) is 11.7. The van der Waals surface area contributed by atoms with Gasteiger partial charge in [-0.1, -0.05) is 6.92 Å². The summed E-state index contributed by atoms with van der Waals surface area (Å²) in [5.41, 5.74) is 7.12. The molecule has 1 aliphatic heterocycles. The van der Waals surface area contributed by atoms with Gasteiger partial charge in [0.2, 0.25) is 0 Å². The average molecular weight is 222 g/mol. The van der Waals surface area contributed by atoms with Crippen molar-refractivity contribution in [2.45, 2.75) is 45.2 Å². The molecule has 1 heterocycles. The molecule has 1 fully saturated rings. The number of hydrogen-bond donors (Lipinski definition) is 1. The summed E-state index contributed by atoms with van der Waals surface area (Å²) in [5.74, 6) is -0.246. The van der Waals surface area contributed by atoms with Gasteiger partial charge in [0, 0.05) is 23.5 Å². The van der Waals surface area contributed by atoms with Crippen molar-refractivity contribution in [3.05, 3.63) is 24.0 Å². The van der Waals surface area contributed by atoms with Crippen LogP contribution in [0.1, 0.15) is 33.1 Å². The van der Waals surface area contributed by atoms with Crippen LogP contribution in [0.15, 0.2) is 18.2 Å². The van der Waals surface area contributed by atoms with E-state index < -0.39 is 0 Å². The van der Waals surface area contributed by atoms with Gasteiger partial charge in [0.1, 0.15) is 5.82 Å². The summed E-state index contributed by atoms with van der Waals surface area (Å²) in [5, 5.41) is 0. The molecule has 2 rings (SSSR count). The third-order valence-electron chi connectivity index (χ3n) is 3.46. The molecule has 3 heteroatoms. The van der Waals surface area contributed by atoms with E-state index >= 15 is 0 Å². The lowest BCUT2D eigenvalue weighted by Gasteiger charge is -2.30. The Kier molecular flexibility index (Phi) is 3.03. The number of anilines is 2. The van der Waals surface area contributed by atoms with Crippen LogP contribution in [-0.2, 0) is 0 Å². The fraction of sp³-hybridized carbons (Fsp3) is 0.538. The predicted molar refractivity (Wildman–Crippen MR) is 66.1 cm³/mol. The van der Waals surface area contributed by atoms with Gasteiger partial charge in [-0.25, -0.2) is 4.39 Å². The molecular weight excluding hydrogens is 203 g/mol. The Balaban J connectivity index is 2.34. The van der Waals surface area contributed by atoms with Crippen molar-refractivity contribution < 1.29 is 4.39 Å².